The number of nitro groups is 1. The summed E-state index contributed by atoms with van der Waals surface area (Å²) >= 11 is 0. The summed E-state index contributed by atoms with van der Waals surface area (Å²) in [5, 5.41) is 10.7. The number of anilines is 1. The average molecular weight is 329 g/mol. The van der Waals surface area contributed by atoms with Crippen LogP contribution in [-0.4, -0.2) is 23.0 Å². The van der Waals surface area contributed by atoms with Gasteiger partial charge in [-0.15, -0.1) is 0 Å². The lowest BCUT2D eigenvalue weighted by Crippen LogP contribution is -2.34. The van der Waals surface area contributed by atoms with E-state index in [1.54, 1.807) is 12.1 Å². The molecule has 24 heavy (non-hydrogen) atoms. The minimum atomic E-state index is -0.439. The van der Waals surface area contributed by atoms with Crippen molar-refractivity contribution in [3.05, 3.63) is 64.1 Å². The maximum atomic E-state index is 13.7. The van der Waals surface area contributed by atoms with Crippen LogP contribution in [0, 0.1) is 21.8 Å². The Bertz CT molecular complexity index is 698. The number of hydrogen-bond donors (Lipinski definition) is 0. The van der Waals surface area contributed by atoms with Gasteiger partial charge in [0.1, 0.15) is 17.8 Å². The summed E-state index contributed by atoms with van der Waals surface area (Å²) in [5.74, 6) is 1.25. The third kappa shape index (κ3) is 3.88. The van der Waals surface area contributed by atoms with Gasteiger partial charge in [0.25, 0.3) is 5.69 Å². The standard InChI is InChI=1S/C18H20FN3O2/c19-17-4-2-1-3-15(17)6-5-14-9-11-21(12-10-14)18-8-7-16(13-20-18)22(23)24/h1-4,7-8,13-14H,5-6,9-12H2. The molecule has 1 aliphatic heterocycles. The van der Waals surface area contributed by atoms with E-state index >= 15 is 0 Å². The van der Waals surface area contributed by atoms with Crippen molar-refractivity contribution in [2.45, 2.75) is 25.7 Å². The number of halogens is 1. The summed E-state index contributed by atoms with van der Waals surface area (Å²) in [6.45, 7) is 1.76. The van der Waals surface area contributed by atoms with Gasteiger partial charge < -0.3 is 4.90 Å². The third-order valence-electron chi connectivity index (χ3n) is 4.66. The maximum absolute atomic E-state index is 13.7. The Hall–Kier alpha value is -2.50. The molecule has 0 saturated carbocycles. The Labute approximate surface area is 140 Å². The quantitative estimate of drug-likeness (QED) is 0.615. The van der Waals surface area contributed by atoms with E-state index < -0.39 is 4.92 Å². The van der Waals surface area contributed by atoms with Crippen molar-refractivity contribution in [3.63, 3.8) is 0 Å². The van der Waals surface area contributed by atoms with Gasteiger partial charge >= 0.3 is 0 Å². The van der Waals surface area contributed by atoms with Crippen LogP contribution in [-0.2, 0) is 6.42 Å². The van der Waals surface area contributed by atoms with Gasteiger partial charge in [0.05, 0.1) is 4.92 Å². The van der Waals surface area contributed by atoms with Gasteiger partial charge in [-0.2, -0.15) is 0 Å². The molecule has 0 unspecified atom stereocenters. The molecule has 0 N–H and O–H groups in total. The first-order valence-electron chi connectivity index (χ1n) is 8.22. The van der Waals surface area contributed by atoms with Crippen LogP contribution < -0.4 is 4.90 Å². The first-order valence-corrected chi connectivity index (χ1v) is 8.22. The number of pyridine rings is 1. The number of nitrogens with zero attached hydrogens (tertiary/aromatic N) is 3. The van der Waals surface area contributed by atoms with Crippen molar-refractivity contribution in [2.24, 2.45) is 5.92 Å². The molecular weight excluding hydrogens is 309 g/mol. The lowest BCUT2D eigenvalue weighted by atomic mass is 9.90. The Kier molecular flexibility index (Phi) is 5.03. The topological polar surface area (TPSA) is 59.3 Å². The summed E-state index contributed by atoms with van der Waals surface area (Å²) < 4.78 is 13.7. The van der Waals surface area contributed by atoms with Gasteiger partial charge in [-0.1, -0.05) is 18.2 Å². The molecule has 0 amide bonds. The first kappa shape index (κ1) is 16.4. The number of rotatable bonds is 5. The molecule has 2 aromatic rings. The molecule has 0 bridgehead atoms. The molecule has 1 fully saturated rings. The van der Waals surface area contributed by atoms with Crippen LogP contribution in [0.1, 0.15) is 24.8 Å². The molecule has 1 saturated heterocycles. The molecule has 0 atom stereocenters. The van der Waals surface area contributed by atoms with Gasteiger partial charge in [-0.25, -0.2) is 9.37 Å². The number of aryl methyl sites for hydroxylation is 1. The molecule has 1 aromatic heterocycles. The fourth-order valence-corrected chi connectivity index (χ4v) is 3.18. The number of benzene rings is 1. The monoisotopic (exact) mass is 329 g/mol. The molecule has 6 heteroatoms. The number of aromatic nitrogens is 1. The zero-order chi connectivity index (χ0) is 16.9. The Morgan fingerprint density at radius 1 is 1.21 bits per heavy atom. The summed E-state index contributed by atoms with van der Waals surface area (Å²) in [5.41, 5.74) is 0.801. The Morgan fingerprint density at radius 3 is 2.58 bits per heavy atom. The van der Waals surface area contributed by atoms with Crippen molar-refractivity contribution >= 4 is 11.5 Å². The zero-order valence-corrected chi connectivity index (χ0v) is 13.4. The molecular formula is C18H20FN3O2. The number of hydrogen-bond acceptors (Lipinski definition) is 4. The van der Waals surface area contributed by atoms with E-state index in [0.29, 0.717) is 5.92 Å². The summed E-state index contributed by atoms with van der Waals surface area (Å²) in [4.78, 5) is 16.6. The van der Waals surface area contributed by atoms with Gasteiger partial charge in [0.2, 0.25) is 0 Å². The van der Waals surface area contributed by atoms with Crippen LogP contribution in [0.4, 0.5) is 15.9 Å². The van der Waals surface area contributed by atoms with Crippen molar-refractivity contribution in [1.29, 1.82) is 0 Å². The second-order valence-corrected chi connectivity index (χ2v) is 6.19. The van der Waals surface area contributed by atoms with E-state index in [2.05, 4.69) is 9.88 Å². The molecule has 1 aromatic carbocycles. The Morgan fingerprint density at radius 2 is 1.96 bits per heavy atom. The highest BCUT2D eigenvalue weighted by Gasteiger charge is 2.21. The first-order chi connectivity index (χ1) is 11.6. The largest absolute Gasteiger partial charge is 0.357 e. The maximum Gasteiger partial charge on any atom is 0.287 e. The third-order valence-corrected chi connectivity index (χ3v) is 4.66. The van der Waals surface area contributed by atoms with Gasteiger partial charge in [-0.3, -0.25) is 10.1 Å². The molecule has 1 aliphatic rings. The lowest BCUT2D eigenvalue weighted by molar-refractivity contribution is -0.385. The summed E-state index contributed by atoms with van der Waals surface area (Å²) in [7, 11) is 0. The van der Waals surface area contributed by atoms with Crippen LogP contribution in [0.2, 0.25) is 0 Å². The SMILES string of the molecule is O=[N+]([O-])c1ccc(N2CCC(CCc3ccccc3F)CC2)nc1. The molecule has 126 valence electrons. The molecule has 3 rings (SSSR count). The van der Waals surface area contributed by atoms with Crippen molar-refractivity contribution in [1.82, 2.24) is 4.98 Å². The van der Waals surface area contributed by atoms with Crippen LogP contribution in [0.3, 0.4) is 0 Å². The van der Waals surface area contributed by atoms with Crippen molar-refractivity contribution in [2.75, 3.05) is 18.0 Å². The van der Waals surface area contributed by atoms with Gasteiger partial charge in [0.15, 0.2) is 0 Å². The van der Waals surface area contributed by atoms with Crippen LogP contribution >= 0.6 is 0 Å². The second kappa shape index (κ2) is 7.38. The molecule has 2 heterocycles. The zero-order valence-electron chi connectivity index (χ0n) is 13.4. The minimum absolute atomic E-state index is 0.0125. The van der Waals surface area contributed by atoms with E-state index in [1.807, 2.05) is 12.1 Å². The van der Waals surface area contributed by atoms with E-state index in [9.17, 15) is 14.5 Å². The predicted molar refractivity (Wildman–Crippen MR) is 90.5 cm³/mol. The van der Waals surface area contributed by atoms with E-state index in [0.717, 1.165) is 50.2 Å². The van der Waals surface area contributed by atoms with E-state index in [1.165, 1.54) is 18.3 Å². The van der Waals surface area contributed by atoms with Crippen molar-refractivity contribution in [3.8, 4) is 0 Å². The smallest absolute Gasteiger partial charge is 0.287 e. The highest BCUT2D eigenvalue weighted by Crippen LogP contribution is 2.26. The van der Waals surface area contributed by atoms with Crippen LogP contribution in [0.25, 0.3) is 0 Å². The normalized spacial score (nSPS) is 15.5. The number of piperidine rings is 1. The second-order valence-electron chi connectivity index (χ2n) is 6.19. The van der Waals surface area contributed by atoms with Crippen LogP contribution in [0.15, 0.2) is 42.6 Å². The fourth-order valence-electron chi connectivity index (χ4n) is 3.18. The Balaban J connectivity index is 1.50. The minimum Gasteiger partial charge on any atom is -0.357 e. The lowest BCUT2D eigenvalue weighted by Gasteiger charge is -2.32. The predicted octanol–water partition coefficient (Wildman–Crippen LogP) is 3.98. The highest BCUT2D eigenvalue weighted by molar-refractivity contribution is 5.43. The molecule has 0 spiro atoms. The van der Waals surface area contributed by atoms with Crippen molar-refractivity contribution < 1.29 is 9.31 Å². The summed E-state index contributed by atoms with van der Waals surface area (Å²) in [6.07, 6.45) is 5.13. The highest BCUT2D eigenvalue weighted by atomic mass is 19.1. The van der Waals surface area contributed by atoms with E-state index in [4.69, 9.17) is 0 Å². The molecule has 0 aliphatic carbocycles. The van der Waals surface area contributed by atoms with E-state index in [-0.39, 0.29) is 11.5 Å². The fraction of sp³-hybridized carbons (Fsp3) is 0.389. The molecule has 0 radical (unpaired) electrons. The summed E-state index contributed by atoms with van der Waals surface area (Å²) in [6, 6.07) is 10.2. The van der Waals surface area contributed by atoms with Gasteiger partial charge in [0, 0.05) is 19.2 Å². The van der Waals surface area contributed by atoms with Crippen LogP contribution in [0.5, 0.6) is 0 Å². The van der Waals surface area contributed by atoms with Gasteiger partial charge in [-0.05, 0) is 49.3 Å². The molecule has 5 nitrogen and oxygen atoms in total. The average Bonchev–Trinajstić information content (AvgIpc) is 2.62.